The molecule has 0 fully saturated rings. The number of carbonyl (C=O) groups is 1. The number of likely N-dealkylation sites (N-methyl/N-ethyl adjacent to an activating group) is 1. The summed E-state index contributed by atoms with van der Waals surface area (Å²) in [6.45, 7) is 7.61. The third-order valence-corrected chi connectivity index (χ3v) is 3.90. The maximum Gasteiger partial charge on any atom is 0.236 e. The molecule has 1 unspecified atom stereocenters. The predicted octanol–water partition coefficient (Wildman–Crippen LogP) is 1.64. The van der Waals surface area contributed by atoms with Crippen LogP contribution in [0.4, 0.5) is 0 Å². The number of aliphatic hydroxyl groups is 1. The van der Waals surface area contributed by atoms with E-state index in [0.717, 1.165) is 0 Å². The topological polar surface area (TPSA) is 40.5 Å². The number of aliphatic hydroxyl groups excluding tert-OH is 1. The zero-order valence-electron chi connectivity index (χ0n) is 9.54. The van der Waals surface area contributed by atoms with E-state index >= 15 is 0 Å². The van der Waals surface area contributed by atoms with Gasteiger partial charge in [-0.2, -0.15) is 0 Å². The van der Waals surface area contributed by atoms with Crippen LogP contribution >= 0.6 is 15.9 Å². The third-order valence-electron chi connectivity index (χ3n) is 2.45. The lowest BCUT2D eigenvalue weighted by molar-refractivity contribution is -0.135. The first kappa shape index (κ1) is 13.9. The quantitative estimate of drug-likeness (QED) is 0.786. The van der Waals surface area contributed by atoms with Crippen LogP contribution in [0.2, 0.25) is 0 Å². The first-order valence-corrected chi connectivity index (χ1v) is 5.68. The van der Waals surface area contributed by atoms with Gasteiger partial charge in [-0.25, -0.2) is 0 Å². The van der Waals surface area contributed by atoms with E-state index in [4.69, 9.17) is 5.11 Å². The number of carbonyl (C=O) groups excluding carboxylic acids is 1. The van der Waals surface area contributed by atoms with Crippen LogP contribution < -0.4 is 0 Å². The van der Waals surface area contributed by atoms with Gasteiger partial charge in [-0.3, -0.25) is 4.79 Å². The molecule has 0 aliphatic carbocycles. The molecule has 4 heteroatoms. The van der Waals surface area contributed by atoms with E-state index in [1.165, 1.54) is 0 Å². The largest absolute Gasteiger partial charge is 0.394 e. The summed E-state index contributed by atoms with van der Waals surface area (Å²) < 4.78 is 0. The summed E-state index contributed by atoms with van der Waals surface area (Å²) in [5.74, 6) is 0.262. The van der Waals surface area contributed by atoms with Gasteiger partial charge in [0.2, 0.25) is 5.91 Å². The molecule has 0 aromatic heterocycles. The van der Waals surface area contributed by atoms with E-state index in [0.29, 0.717) is 0 Å². The first-order valence-electron chi connectivity index (χ1n) is 4.76. The summed E-state index contributed by atoms with van der Waals surface area (Å²) >= 11 is 3.36. The van der Waals surface area contributed by atoms with Crippen molar-refractivity contribution < 1.29 is 9.90 Å². The van der Waals surface area contributed by atoms with Gasteiger partial charge in [0, 0.05) is 7.05 Å². The van der Waals surface area contributed by atoms with Crippen molar-refractivity contribution in [2.75, 3.05) is 13.7 Å². The normalized spacial score (nSPS) is 14.3. The Morgan fingerprint density at radius 3 is 2.21 bits per heavy atom. The Morgan fingerprint density at radius 2 is 1.93 bits per heavy atom. The van der Waals surface area contributed by atoms with Gasteiger partial charge in [-0.05, 0) is 19.8 Å². The van der Waals surface area contributed by atoms with Crippen molar-refractivity contribution in [3.63, 3.8) is 0 Å². The van der Waals surface area contributed by atoms with E-state index in [2.05, 4.69) is 15.9 Å². The number of amides is 1. The number of hydrogen-bond acceptors (Lipinski definition) is 2. The lowest BCUT2D eigenvalue weighted by Crippen LogP contribution is -2.50. The Morgan fingerprint density at radius 1 is 1.50 bits per heavy atom. The van der Waals surface area contributed by atoms with Gasteiger partial charge in [0.1, 0.15) is 0 Å². The highest BCUT2D eigenvalue weighted by molar-refractivity contribution is 9.10. The fourth-order valence-electron chi connectivity index (χ4n) is 0.875. The maximum absolute atomic E-state index is 11.9. The van der Waals surface area contributed by atoms with Crippen LogP contribution in [0.25, 0.3) is 0 Å². The molecular formula is C10H20BrNO2. The van der Waals surface area contributed by atoms with Crippen LogP contribution in [0.3, 0.4) is 0 Å². The van der Waals surface area contributed by atoms with Crippen molar-refractivity contribution in [1.82, 2.24) is 4.90 Å². The maximum atomic E-state index is 11.9. The number of nitrogens with zero attached hydrogens (tertiary/aromatic N) is 1. The minimum atomic E-state index is -0.502. The molecule has 0 saturated heterocycles. The molecule has 84 valence electrons. The molecule has 0 rings (SSSR count). The standard InChI is InChI=1S/C10H20BrNO2/c1-7(2)8(11)9(14)12(5)10(3,4)6-13/h7-8,13H,6H2,1-5H3. The molecule has 1 amide bonds. The Hall–Kier alpha value is -0.0900. The zero-order valence-corrected chi connectivity index (χ0v) is 11.1. The van der Waals surface area contributed by atoms with Crippen LogP contribution in [-0.2, 0) is 4.79 Å². The summed E-state index contributed by atoms with van der Waals surface area (Å²) in [6.07, 6.45) is 0. The van der Waals surface area contributed by atoms with Crippen molar-refractivity contribution in [2.45, 2.75) is 38.1 Å². The highest BCUT2D eigenvalue weighted by atomic mass is 79.9. The van der Waals surface area contributed by atoms with E-state index in [-0.39, 0.29) is 23.3 Å². The van der Waals surface area contributed by atoms with Crippen molar-refractivity contribution in [1.29, 1.82) is 0 Å². The highest BCUT2D eigenvalue weighted by Gasteiger charge is 2.31. The first-order chi connectivity index (χ1) is 6.24. The summed E-state index contributed by atoms with van der Waals surface area (Å²) in [5, 5.41) is 9.12. The van der Waals surface area contributed by atoms with Gasteiger partial charge in [0.05, 0.1) is 17.0 Å². The van der Waals surface area contributed by atoms with Crippen molar-refractivity contribution in [3.8, 4) is 0 Å². The molecule has 3 nitrogen and oxygen atoms in total. The second-order valence-corrected chi connectivity index (χ2v) is 5.50. The van der Waals surface area contributed by atoms with Gasteiger partial charge >= 0.3 is 0 Å². The molecule has 0 spiro atoms. The van der Waals surface area contributed by atoms with E-state index in [1.807, 2.05) is 27.7 Å². The fourth-order valence-corrected chi connectivity index (χ4v) is 1.18. The molecule has 1 N–H and O–H groups in total. The van der Waals surface area contributed by atoms with Gasteiger partial charge in [0.25, 0.3) is 0 Å². The molecule has 0 bridgehead atoms. The molecule has 0 aromatic rings. The van der Waals surface area contributed by atoms with E-state index in [1.54, 1.807) is 11.9 Å². The van der Waals surface area contributed by atoms with Crippen LogP contribution in [0.15, 0.2) is 0 Å². The second kappa shape index (κ2) is 5.12. The van der Waals surface area contributed by atoms with Crippen LogP contribution in [0, 0.1) is 5.92 Å². The number of alkyl halides is 1. The van der Waals surface area contributed by atoms with Crippen molar-refractivity contribution in [3.05, 3.63) is 0 Å². The highest BCUT2D eigenvalue weighted by Crippen LogP contribution is 2.19. The van der Waals surface area contributed by atoms with Crippen molar-refractivity contribution >= 4 is 21.8 Å². The Balaban J connectivity index is 4.55. The number of rotatable bonds is 4. The summed E-state index contributed by atoms with van der Waals surface area (Å²) in [7, 11) is 1.72. The van der Waals surface area contributed by atoms with Gasteiger partial charge < -0.3 is 10.0 Å². The van der Waals surface area contributed by atoms with Crippen molar-refractivity contribution in [2.24, 2.45) is 5.92 Å². The number of hydrogen-bond donors (Lipinski definition) is 1. The fraction of sp³-hybridized carbons (Fsp3) is 0.900. The smallest absolute Gasteiger partial charge is 0.236 e. The molecule has 0 aromatic carbocycles. The Labute approximate surface area is 94.6 Å². The Kier molecular flexibility index (Phi) is 5.09. The van der Waals surface area contributed by atoms with Gasteiger partial charge in [-0.15, -0.1) is 0 Å². The monoisotopic (exact) mass is 265 g/mol. The van der Waals surface area contributed by atoms with Gasteiger partial charge in [0.15, 0.2) is 0 Å². The lowest BCUT2D eigenvalue weighted by atomic mass is 10.0. The SMILES string of the molecule is CC(C)C(Br)C(=O)N(C)C(C)(C)CO. The minimum Gasteiger partial charge on any atom is -0.394 e. The number of halogens is 1. The predicted molar refractivity (Wildman–Crippen MR) is 61.5 cm³/mol. The molecule has 1 atom stereocenters. The summed E-state index contributed by atoms with van der Waals surface area (Å²) in [4.78, 5) is 13.3. The zero-order chi connectivity index (χ0) is 11.5. The van der Waals surface area contributed by atoms with Gasteiger partial charge in [-0.1, -0.05) is 29.8 Å². The van der Waals surface area contributed by atoms with Crippen LogP contribution in [-0.4, -0.2) is 39.9 Å². The minimum absolute atomic E-state index is 0.0130. The molecular weight excluding hydrogens is 246 g/mol. The Bertz CT molecular complexity index is 204. The van der Waals surface area contributed by atoms with E-state index in [9.17, 15) is 4.79 Å². The van der Waals surface area contributed by atoms with Crippen LogP contribution in [0.1, 0.15) is 27.7 Å². The van der Waals surface area contributed by atoms with E-state index < -0.39 is 5.54 Å². The molecule has 0 aliphatic heterocycles. The summed E-state index contributed by atoms with van der Waals surface area (Å²) in [5.41, 5.74) is -0.502. The van der Waals surface area contributed by atoms with Crippen LogP contribution in [0.5, 0.6) is 0 Å². The average Bonchev–Trinajstić information content (AvgIpc) is 2.14. The molecule has 0 heterocycles. The molecule has 0 radical (unpaired) electrons. The molecule has 0 aliphatic rings. The molecule has 0 saturated carbocycles. The average molecular weight is 266 g/mol. The second-order valence-electron chi connectivity index (χ2n) is 4.51. The third kappa shape index (κ3) is 3.24. The molecule has 14 heavy (non-hydrogen) atoms. The lowest BCUT2D eigenvalue weighted by Gasteiger charge is -2.35. The summed E-state index contributed by atoms with van der Waals surface area (Å²) in [6, 6.07) is 0.